The SMILES string of the molecule is CN/C(C)=C1\C(=N)CCCc2cnc(Nc3ccccc3OC)nc21. The monoisotopic (exact) mass is 337 g/mol. The van der Waals surface area contributed by atoms with Crippen molar-refractivity contribution in [1.82, 2.24) is 15.3 Å². The molecule has 130 valence electrons. The third kappa shape index (κ3) is 3.47. The maximum Gasteiger partial charge on any atom is 0.227 e. The molecule has 25 heavy (non-hydrogen) atoms. The molecule has 0 saturated carbocycles. The van der Waals surface area contributed by atoms with Gasteiger partial charge >= 0.3 is 0 Å². The highest BCUT2D eigenvalue weighted by Crippen LogP contribution is 2.30. The number of nitrogens with one attached hydrogen (secondary N) is 3. The number of anilines is 2. The number of aryl methyl sites for hydroxylation is 1. The van der Waals surface area contributed by atoms with Gasteiger partial charge in [0.15, 0.2) is 0 Å². The zero-order chi connectivity index (χ0) is 17.8. The Bertz CT molecular complexity index is 828. The van der Waals surface area contributed by atoms with Gasteiger partial charge in [-0.15, -0.1) is 0 Å². The minimum atomic E-state index is 0.499. The summed E-state index contributed by atoms with van der Waals surface area (Å²) in [5.74, 6) is 1.23. The van der Waals surface area contributed by atoms with Gasteiger partial charge < -0.3 is 20.8 Å². The van der Waals surface area contributed by atoms with Crippen molar-refractivity contribution in [3.05, 3.63) is 47.4 Å². The average molecular weight is 337 g/mol. The molecule has 0 unspecified atom stereocenters. The van der Waals surface area contributed by atoms with Crippen LogP contribution < -0.4 is 15.4 Å². The second-order valence-corrected chi connectivity index (χ2v) is 5.97. The van der Waals surface area contributed by atoms with Gasteiger partial charge in [-0.1, -0.05) is 12.1 Å². The summed E-state index contributed by atoms with van der Waals surface area (Å²) in [6, 6.07) is 7.66. The van der Waals surface area contributed by atoms with Gasteiger partial charge in [-0.05, 0) is 43.9 Å². The topological polar surface area (TPSA) is 82.9 Å². The van der Waals surface area contributed by atoms with Crippen molar-refractivity contribution in [3.63, 3.8) is 0 Å². The smallest absolute Gasteiger partial charge is 0.227 e. The standard InChI is InChI=1S/C19H23N5O/c1-12(21-2)17-14(20)8-6-7-13-11-22-19(24-18(13)17)23-15-9-4-5-10-16(15)25-3/h4-5,9-11,20-21H,6-8H2,1-3H3,(H,22,23,24)/b17-12+,20-14?. The van der Waals surface area contributed by atoms with Crippen molar-refractivity contribution in [2.75, 3.05) is 19.5 Å². The molecule has 0 saturated heterocycles. The minimum absolute atomic E-state index is 0.499. The number of para-hydroxylation sites is 2. The number of methoxy groups -OCH3 is 1. The van der Waals surface area contributed by atoms with E-state index in [0.29, 0.717) is 11.7 Å². The number of fused-ring (bicyclic) bond motifs is 1. The quantitative estimate of drug-likeness (QED) is 0.743. The van der Waals surface area contributed by atoms with Gasteiger partial charge in [-0.2, -0.15) is 0 Å². The second kappa shape index (κ2) is 7.34. The van der Waals surface area contributed by atoms with E-state index in [1.807, 2.05) is 44.4 Å². The van der Waals surface area contributed by atoms with Crippen LogP contribution in [0.3, 0.4) is 0 Å². The molecular weight excluding hydrogens is 314 g/mol. The number of benzene rings is 1. The van der Waals surface area contributed by atoms with Crippen LogP contribution in [0.25, 0.3) is 5.57 Å². The van der Waals surface area contributed by atoms with Gasteiger partial charge in [-0.25, -0.2) is 9.97 Å². The van der Waals surface area contributed by atoms with Gasteiger partial charge in [0.1, 0.15) is 5.75 Å². The van der Waals surface area contributed by atoms with Crippen molar-refractivity contribution < 1.29 is 4.74 Å². The second-order valence-electron chi connectivity index (χ2n) is 5.97. The Morgan fingerprint density at radius 1 is 1.24 bits per heavy atom. The first-order valence-corrected chi connectivity index (χ1v) is 8.36. The molecule has 0 atom stereocenters. The molecule has 0 amide bonds. The lowest BCUT2D eigenvalue weighted by atomic mass is 10.0. The van der Waals surface area contributed by atoms with Crippen LogP contribution in [0.5, 0.6) is 5.75 Å². The number of hydrogen-bond acceptors (Lipinski definition) is 6. The van der Waals surface area contributed by atoms with E-state index in [9.17, 15) is 0 Å². The number of allylic oxidation sites excluding steroid dienone is 2. The summed E-state index contributed by atoms with van der Waals surface area (Å²) in [5.41, 5.74) is 5.17. The first-order valence-electron chi connectivity index (χ1n) is 8.36. The van der Waals surface area contributed by atoms with Gasteiger partial charge in [0.25, 0.3) is 0 Å². The van der Waals surface area contributed by atoms with Crippen LogP contribution in [-0.4, -0.2) is 29.8 Å². The van der Waals surface area contributed by atoms with Gasteiger partial charge in [0, 0.05) is 30.2 Å². The van der Waals surface area contributed by atoms with Crippen LogP contribution >= 0.6 is 0 Å². The normalized spacial score (nSPS) is 15.9. The maximum absolute atomic E-state index is 8.41. The molecule has 1 aromatic heterocycles. The molecule has 1 aliphatic carbocycles. The molecular formula is C19H23N5O. The van der Waals surface area contributed by atoms with Crippen molar-refractivity contribution in [1.29, 1.82) is 5.41 Å². The molecule has 3 rings (SSSR count). The van der Waals surface area contributed by atoms with E-state index in [0.717, 1.165) is 53.2 Å². The number of nitrogens with zero attached hydrogens (tertiary/aromatic N) is 2. The lowest BCUT2D eigenvalue weighted by Gasteiger charge is -2.15. The molecule has 0 bridgehead atoms. The van der Waals surface area contributed by atoms with Crippen molar-refractivity contribution in [2.45, 2.75) is 26.2 Å². The predicted molar refractivity (Wildman–Crippen MR) is 101 cm³/mol. The van der Waals surface area contributed by atoms with Gasteiger partial charge in [0.2, 0.25) is 5.95 Å². The molecule has 1 heterocycles. The zero-order valence-corrected chi connectivity index (χ0v) is 14.8. The minimum Gasteiger partial charge on any atom is -0.495 e. The van der Waals surface area contributed by atoms with Gasteiger partial charge in [-0.3, -0.25) is 0 Å². The van der Waals surface area contributed by atoms with Gasteiger partial charge in [0.05, 0.1) is 18.5 Å². The summed E-state index contributed by atoms with van der Waals surface area (Å²) in [6.07, 6.45) is 4.43. The number of hydrogen-bond donors (Lipinski definition) is 3. The molecule has 6 nitrogen and oxygen atoms in total. The molecule has 2 aromatic rings. The number of rotatable bonds is 4. The van der Waals surface area contributed by atoms with E-state index in [1.54, 1.807) is 7.11 Å². The van der Waals surface area contributed by atoms with E-state index >= 15 is 0 Å². The first-order chi connectivity index (χ1) is 12.1. The van der Waals surface area contributed by atoms with Crippen LogP contribution in [0.1, 0.15) is 31.0 Å². The fourth-order valence-corrected chi connectivity index (χ4v) is 2.99. The van der Waals surface area contributed by atoms with Crippen LogP contribution in [-0.2, 0) is 6.42 Å². The molecule has 1 aliphatic rings. The summed E-state index contributed by atoms with van der Waals surface area (Å²) in [6.45, 7) is 1.98. The summed E-state index contributed by atoms with van der Waals surface area (Å²) < 4.78 is 5.37. The predicted octanol–water partition coefficient (Wildman–Crippen LogP) is 3.54. The summed E-state index contributed by atoms with van der Waals surface area (Å²) >= 11 is 0. The molecule has 6 heteroatoms. The van der Waals surface area contributed by atoms with Crippen molar-refractivity contribution >= 4 is 22.9 Å². The van der Waals surface area contributed by atoms with Crippen LogP contribution in [0.2, 0.25) is 0 Å². The molecule has 0 aliphatic heterocycles. The molecule has 0 fully saturated rings. The van der Waals surface area contributed by atoms with E-state index in [2.05, 4.69) is 15.6 Å². The number of aromatic nitrogens is 2. The molecule has 0 spiro atoms. The Kier molecular flexibility index (Phi) is 4.97. The average Bonchev–Trinajstić information content (AvgIpc) is 2.79. The largest absolute Gasteiger partial charge is 0.495 e. The van der Waals surface area contributed by atoms with Crippen molar-refractivity contribution in [3.8, 4) is 5.75 Å². The zero-order valence-electron chi connectivity index (χ0n) is 14.8. The Balaban J connectivity index is 2.04. The Hall–Kier alpha value is -2.89. The third-order valence-corrected chi connectivity index (χ3v) is 4.38. The lowest BCUT2D eigenvalue weighted by molar-refractivity contribution is 0.417. The van der Waals surface area contributed by atoms with Crippen LogP contribution in [0, 0.1) is 5.41 Å². The van der Waals surface area contributed by atoms with E-state index in [4.69, 9.17) is 15.1 Å². The Morgan fingerprint density at radius 3 is 2.80 bits per heavy atom. The third-order valence-electron chi connectivity index (χ3n) is 4.38. The molecule has 0 radical (unpaired) electrons. The lowest BCUT2D eigenvalue weighted by Crippen LogP contribution is -2.13. The molecule has 1 aromatic carbocycles. The molecule has 3 N–H and O–H groups in total. The Morgan fingerprint density at radius 2 is 2.04 bits per heavy atom. The van der Waals surface area contributed by atoms with Crippen LogP contribution in [0.15, 0.2) is 36.2 Å². The summed E-state index contributed by atoms with van der Waals surface area (Å²) in [5, 5.41) is 14.8. The fourth-order valence-electron chi connectivity index (χ4n) is 2.99. The highest BCUT2D eigenvalue weighted by Gasteiger charge is 2.21. The van der Waals surface area contributed by atoms with E-state index < -0.39 is 0 Å². The fraction of sp³-hybridized carbons (Fsp3) is 0.316. The highest BCUT2D eigenvalue weighted by molar-refractivity contribution is 6.23. The Labute approximate surface area is 147 Å². The van der Waals surface area contributed by atoms with E-state index in [1.165, 1.54) is 0 Å². The number of ether oxygens (including phenoxy) is 1. The summed E-state index contributed by atoms with van der Waals surface area (Å²) in [4.78, 5) is 9.19. The first kappa shape index (κ1) is 17.0. The maximum atomic E-state index is 8.41. The highest BCUT2D eigenvalue weighted by atomic mass is 16.5. The van der Waals surface area contributed by atoms with Crippen LogP contribution in [0.4, 0.5) is 11.6 Å². The summed E-state index contributed by atoms with van der Waals surface area (Å²) in [7, 11) is 3.51. The van der Waals surface area contributed by atoms with Crippen molar-refractivity contribution in [2.24, 2.45) is 0 Å². The van der Waals surface area contributed by atoms with E-state index in [-0.39, 0.29) is 0 Å².